The van der Waals surface area contributed by atoms with Gasteiger partial charge in [0.2, 0.25) is 11.5 Å². The van der Waals surface area contributed by atoms with E-state index in [2.05, 4.69) is 9.97 Å². The normalized spacial score (nSPS) is 11.7. The van der Waals surface area contributed by atoms with Crippen LogP contribution >= 0.6 is 0 Å². The average molecular weight is 453 g/mol. The largest absolute Gasteiger partial charge is 0.493 e. The molecule has 2 N–H and O–H groups in total. The minimum atomic E-state index is -0.262. The van der Waals surface area contributed by atoms with Gasteiger partial charge in [0, 0.05) is 22.7 Å². The number of rotatable bonds is 7. The van der Waals surface area contributed by atoms with Crippen molar-refractivity contribution in [2.24, 2.45) is 0 Å². The van der Waals surface area contributed by atoms with E-state index in [1.807, 2.05) is 60.8 Å². The molecule has 5 rings (SSSR count). The van der Waals surface area contributed by atoms with Gasteiger partial charge in [-0.25, -0.2) is 4.98 Å². The number of aromatic amines is 2. The number of imidazole rings is 1. The zero-order chi connectivity index (χ0) is 23.7. The molecular formula is C27H23N3O4. The molecule has 0 saturated heterocycles. The number of ether oxygens (including phenoxy) is 3. The van der Waals surface area contributed by atoms with E-state index in [0.717, 1.165) is 27.5 Å². The molecular weight excluding hydrogens is 430 g/mol. The first-order chi connectivity index (χ1) is 16.6. The Balaban J connectivity index is 1.73. The number of aromatic nitrogens is 3. The van der Waals surface area contributed by atoms with Gasteiger partial charge in [-0.1, -0.05) is 30.3 Å². The van der Waals surface area contributed by atoms with Crippen molar-refractivity contribution < 1.29 is 19.0 Å². The smallest absolute Gasteiger partial charge is 0.204 e. The standard InChI is InChI=1S/C27H23N3O4/c1-32-23-13-12-18(25(33-2)26(23)34-3)24(31)19(27-29-21-10-6-7-11-22(21)30-27)14-16-15-28-20-9-5-4-8-17(16)20/h4-15,28H,1-3H3,(H,29,30)/b19-14+. The fraction of sp³-hybridized carbons (Fsp3) is 0.111. The van der Waals surface area contributed by atoms with Gasteiger partial charge < -0.3 is 24.2 Å². The van der Waals surface area contributed by atoms with E-state index >= 15 is 0 Å². The van der Waals surface area contributed by atoms with Crippen molar-refractivity contribution in [2.45, 2.75) is 0 Å². The Morgan fingerprint density at radius 3 is 2.32 bits per heavy atom. The number of methoxy groups -OCH3 is 3. The van der Waals surface area contributed by atoms with Crippen molar-refractivity contribution in [3.05, 3.63) is 83.8 Å². The predicted molar refractivity (Wildman–Crippen MR) is 133 cm³/mol. The van der Waals surface area contributed by atoms with Crippen molar-refractivity contribution in [2.75, 3.05) is 21.3 Å². The third-order valence-corrected chi connectivity index (χ3v) is 5.76. The number of allylic oxidation sites excluding steroid dienone is 1. The molecule has 0 unspecified atom stereocenters. The van der Waals surface area contributed by atoms with Crippen molar-refractivity contribution in [3.63, 3.8) is 0 Å². The van der Waals surface area contributed by atoms with Gasteiger partial charge in [0.1, 0.15) is 5.82 Å². The van der Waals surface area contributed by atoms with Gasteiger partial charge in [-0.15, -0.1) is 0 Å². The van der Waals surface area contributed by atoms with Gasteiger partial charge >= 0.3 is 0 Å². The highest BCUT2D eigenvalue weighted by Gasteiger charge is 2.26. The van der Waals surface area contributed by atoms with E-state index in [1.54, 1.807) is 12.1 Å². The van der Waals surface area contributed by atoms with Crippen LogP contribution in [0, 0.1) is 0 Å². The summed E-state index contributed by atoms with van der Waals surface area (Å²) in [6.07, 6.45) is 3.72. The lowest BCUT2D eigenvalue weighted by Gasteiger charge is -2.15. The van der Waals surface area contributed by atoms with Crippen LogP contribution < -0.4 is 14.2 Å². The van der Waals surface area contributed by atoms with Crippen molar-refractivity contribution in [3.8, 4) is 17.2 Å². The summed E-state index contributed by atoms with van der Waals surface area (Å²) in [5.74, 6) is 1.33. The lowest BCUT2D eigenvalue weighted by molar-refractivity contribution is 0.105. The van der Waals surface area contributed by atoms with Crippen molar-refractivity contribution >= 4 is 39.4 Å². The highest BCUT2D eigenvalue weighted by Crippen LogP contribution is 2.41. The number of nitrogens with one attached hydrogen (secondary N) is 2. The molecule has 0 aliphatic carbocycles. The van der Waals surface area contributed by atoms with E-state index in [4.69, 9.17) is 19.2 Å². The van der Waals surface area contributed by atoms with Crippen molar-refractivity contribution in [1.82, 2.24) is 15.0 Å². The quantitative estimate of drug-likeness (QED) is 0.251. The second-order valence-electron chi connectivity index (χ2n) is 7.66. The summed E-state index contributed by atoms with van der Waals surface area (Å²) in [4.78, 5) is 25.3. The fourth-order valence-electron chi connectivity index (χ4n) is 4.12. The van der Waals surface area contributed by atoms with Crippen LogP contribution in [-0.2, 0) is 0 Å². The topological polar surface area (TPSA) is 89.2 Å². The Morgan fingerprint density at radius 2 is 1.59 bits per heavy atom. The third kappa shape index (κ3) is 3.57. The van der Waals surface area contributed by atoms with Crippen LogP contribution in [0.3, 0.4) is 0 Å². The van der Waals surface area contributed by atoms with E-state index in [9.17, 15) is 4.79 Å². The number of carbonyl (C=O) groups is 1. The van der Waals surface area contributed by atoms with Crippen LogP contribution in [-0.4, -0.2) is 42.1 Å². The highest BCUT2D eigenvalue weighted by atomic mass is 16.5. The number of carbonyl (C=O) groups excluding carboxylic acids is 1. The lowest BCUT2D eigenvalue weighted by Crippen LogP contribution is -2.08. The maximum atomic E-state index is 14.0. The predicted octanol–water partition coefficient (Wildman–Crippen LogP) is 5.49. The fourth-order valence-corrected chi connectivity index (χ4v) is 4.12. The average Bonchev–Trinajstić information content (AvgIpc) is 3.49. The molecule has 170 valence electrons. The number of hydrogen-bond acceptors (Lipinski definition) is 5. The second kappa shape index (κ2) is 8.78. The molecule has 0 fully saturated rings. The van der Waals surface area contributed by atoms with Gasteiger partial charge in [-0.3, -0.25) is 4.79 Å². The summed E-state index contributed by atoms with van der Waals surface area (Å²) in [6.45, 7) is 0. The Bertz CT molecular complexity index is 1510. The maximum absolute atomic E-state index is 14.0. The highest BCUT2D eigenvalue weighted by molar-refractivity contribution is 6.33. The number of ketones is 1. The first-order valence-corrected chi connectivity index (χ1v) is 10.7. The summed E-state index contributed by atoms with van der Waals surface area (Å²) in [5.41, 5.74) is 4.20. The molecule has 0 amide bonds. The third-order valence-electron chi connectivity index (χ3n) is 5.76. The Kier molecular flexibility index (Phi) is 5.51. The molecule has 34 heavy (non-hydrogen) atoms. The first-order valence-electron chi connectivity index (χ1n) is 10.7. The van der Waals surface area contributed by atoms with E-state index in [0.29, 0.717) is 34.2 Å². The number of H-pyrrole nitrogens is 2. The van der Waals surface area contributed by atoms with Gasteiger partial charge in [0.05, 0.1) is 43.5 Å². The van der Waals surface area contributed by atoms with Gasteiger partial charge in [0.15, 0.2) is 11.5 Å². The number of Topliss-reactive ketones (excluding diaryl/α,β-unsaturated/α-hetero) is 1. The molecule has 0 radical (unpaired) electrons. The van der Waals surface area contributed by atoms with Gasteiger partial charge in [-0.2, -0.15) is 0 Å². The van der Waals surface area contributed by atoms with Crippen LogP contribution in [0.2, 0.25) is 0 Å². The zero-order valence-electron chi connectivity index (χ0n) is 19.0. The van der Waals surface area contributed by atoms with Gasteiger partial charge in [-0.05, 0) is 36.4 Å². The van der Waals surface area contributed by atoms with Crippen LogP contribution in [0.4, 0.5) is 0 Å². The summed E-state index contributed by atoms with van der Waals surface area (Å²) >= 11 is 0. The summed E-state index contributed by atoms with van der Waals surface area (Å²) < 4.78 is 16.5. The molecule has 5 aromatic rings. The zero-order valence-corrected chi connectivity index (χ0v) is 19.0. The summed E-state index contributed by atoms with van der Waals surface area (Å²) in [6, 6.07) is 19.0. The SMILES string of the molecule is COc1ccc(C(=O)/C(=C\c2c[nH]c3ccccc23)c2nc3ccccc3[nH]2)c(OC)c1OC. The van der Waals surface area contributed by atoms with E-state index < -0.39 is 0 Å². The van der Waals surface area contributed by atoms with Crippen LogP contribution in [0.1, 0.15) is 21.7 Å². The Morgan fingerprint density at radius 1 is 0.853 bits per heavy atom. The second-order valence-corrected chi connectivity index (χ2v) is 7.66. The molecule has 2 aromatic heterocycles. The monoisotopic (exact) mass is 453 g/mol. The molecule has 0 aliphatic heterocycles. The molecule has 7 heteroatoms. The molecule has 0 bridgehead atoms. The van der Waals surface area contributed by atoms with Gasteiger partial charge in [0.25, 0.3) is 0 Å². The molecule has 3 aromatic carbocycles. The first kappa shape index (κ1) is 21.3. The van der Waals surface area contributed by atoms with Crippen LogP contribution in [0.15, 0.2) is 66.9 Å². The Hall–Kier alpha value is -4.52. The number of fused-ring (bicyclic) bond motifs is 2. The van der Waals surface area contributed by atoms with E-state index in [1.165, 1.54) is 21.3 Å². The molecule has 0 saturated carbocycles. The van der Waals surface area contributed by atoms with Crippen molar-refractivity contribution in [1.29, 1.82) is 0 Å². The maximum Gasteiger partial charge on any atom is 0.204 e. The molecule has 0 spiro atoms. The minimum Gasteiger partial charge on any atom is -0.493 e. The molecule has 0 atom stereocenters. The van der Waals surface area contributed by atoms with Crippen LogP contribution in [0.5, 0.6) is 17.2 Å². The molecule has 0 aliphatic rings. The number of para-hydroxylation sites is 3. The Labute approximate surface area is 196 Å². The molecule has 7 nitrogen and oxygen atoms in total. The van der Waals surface area contributed by atoms with Crippen LogP contribution in [0.25, 0.3) is 33.6 Å². The number of benzene rings is 3. The minimum absolute atomic E-state index is 0.262. The van der Waals surface area contributed by atoms with E-state index in [-0.39, 0.29) is 5.78 Å². The summed E-state index contributed by atoms with van der Waals surface area (Å²) in [5, 5.41) is 1.00. The summed E-state index contributed by atoms with van der Waals surface area (Å²) in [7, 11) is 4.55. The molecule has 2 heterocycles. The number of hydrogen-bond donors (Lipinski definition) is 2. The number of nitrogens with zero attached hydrogens (tertiary/aromatic N) is 1. The lowest BCUT2D eigenvalue weighted by atomic mass is 9.98.